The second kappa shape index (κ2) is 12.0. The number of ether oxygens (including phenoxy) is 2. The van der Waals surface area contributed by atoms with Crippen LogP contribution in [0.15, 0.2) is 47.3 Å². The number of carbonyl (C=O) groups excluding carboxylic acids is 2. The van der Waals surface area contributed by atoms with E-state index in [-0.39, 0.29) is 42.0 Å². The third-order valence-corrected chi connectivity index (χ3v) is 7.04. The second-order valence-electron chi connectivity index (χ2n) is 9.70. The summed E-state index contributed by atoms with van der Waals surface area (Å²) in [5.74, 6) is -1.38. The zero-order valence-corrected chi connectivity index (χ0v) is 24.0. The fourth-order valence-electron chi connectivity index (χ4n) is 4.61. The number of carbonyl (C=O) groups is 2. The molecule has 2 aliphatic rings. The van der Waals surface area contributed by atoms with Crippen molar-refractivity contribution in [1.29, 1.82) is 0 Å². The molecule has 1 saturated carbocycles. The van der Waals surface area contributed by atoms with Crippen molar-refractivity contribution in [3.05, 3.63) is 47.3 Å². The molecule has 10 heteroatoms. The summed E-state index contributed by atoms with van der Waals surface area (Å²) in [6.45, 7) is 10.4. The zero-order chi connectivity index (χ0) is 25.0. The number of nitrogens with one attached hydrogen (secondary N) is 1. The van der Waals surface area contributed by atoms with Crippen molar-refractivity contribution in [1.82, 2.24) is 5.32 Å². The number of allylic oxidation sites excluding steroid dienone is 5. The van der Waals surface area contributed by atoms with Crippen LogP contribution in [0, 0.1) is 11.3 Å². The summed E-state index contributed by atoms with van der Waals surface area (Å²) in [4.78, 5) is 23.8. The predicted molar refractivity (Wildman–Crippen MR) is 127 cm³/mol. The molecule has 3 unspecified atom stereocenters. The first kappa shape index (κ1) is 30.6. The van der Waals surface area contributed by atoms with Gasteiger partial charge in [-0.15, -0.1) is 0 Å². The minimum Gasteiger partial charge on any atom is -1.00 e. The summed E-state index contributed by atoms with van der Waals surface area (Å²) < 4.78 is 41.9. The number of esters is 1. The number of amides is 1. The van der Waals surface area contributed by atoms with Crippen LogP contribution < -0.4 is 34.9 Å². The van der Waals surface area contributed by atoms with E-state index in [1.165, 1.54) is 12.5 Å². The van der Waals surface area contributed by atoms with E-state index in [1.54, 1.807) is 19.1 Å². The molecule has 34 heavy (non-hydrogen) atoms. The number of hydrogen-bond donors (Lipinski definition) is 2. The Morgan fingerprint density at radius 1 is 1.32 bits per heavy atom. The summed E-state index contributed by atoms with van der Waals surface area (Å²) in [6, 6.07) is -1.51. The monoisotopic (exact) mass is 505 g/mol. The molecule has 0 saturated heterocycles. The first-order chi connectivity index (χ1) is 15.2. The fourth-order valence-corrected chi connectivity index (χ4v) is 5.25. The molecule has 1 aliphatic heterocycles. The summed E-state index contributed by atoms with van der Waals surface area (Å²) in [5, 5.41) is 2.23. The molecular formula is C24H36NNaO7S. The van der Waals surface area contributed by atoms with Crippen LogP contribution in [-0.2, 0) is 29.2 Å². The van der Waals surface area contributed by atoms with Crippen molar-refractivity contribution in [3.8, 4) is 0 Å². The van der Waals surface area contributed by atoms with Crippen molar-refractivity contribution in [2.75, 3.05) is 12.9 Å². The van der Waals surface area contributed by atoms with Gasteiger partial charge in [-0.3, -0.25) is 9.35 Å². The minimum absolute atomic E-state index is 0. The summed E-state index contributed by atoms with van der Waals surface area (Å²) in [7, 11) is -3.42. The number of methoxy groups -OCH3 is 1. The fraction of sp³-hybridized carbons (Fsp3) is 0.583. The number of hydrogen-bond acceptors (Lipinski definition) is 6. The molecule has 2 rings (SSSR count). The van der Waals surface area contributed by atoms with Crippen molar-refractivity contribution in [2.45, 2.75) is 65.5 Å². The van der Waals surface area contributed by atoms with Gasteiger partial charge in [-0.1, -0.05) is 32.1 Å². The molecule has 0 aromatic heterocycles. The molecule has 1 aliphatic carbocycles. The Kier molecular flexibility index (Phi) is 10.8. The van der Waals surface area contributed by atoms with Gasteiger partial charge in [-0.2, -0.15) is 8.42 Å². The first-order valence-electron chi connectivity index (χ1n) is 10.9. The van der Waals surface area contributed by atoms with E-state index in [0.717, 1.165) is 31.3 Å². The Morgan fingerprint density at radius 3 is 2.53 bits per heavy atom. The molecule has 3 atom stereocenters. The van der Waals surface area contributed by atoms with Crippen molar-refractivity contribution >= 4 is 22.0 Å². The Balaban J connectivity index is 0.00000578. The molecule has 1 fully saturated rings. The Morgan fingerprint density at radius 2 is 1.97 bits per heavy atom. The van der Waals surface area contributed by atoms with Crippen LogP contribution in [0.25, 0.3) is 0 Å². The van der Waals surface area contributed by atoms with E-state index < -0.39 is 33.8 Å². The maximum atomic E-state index is 12.2. The van der Waals surface area contributed by atoms with E-state index in [0.29, 0.717) is 11.5 Å². The van der Waals surface area contributed by atoms with Crippen LogP contribution in [0.1, 0.15) is 55.3 Å². The van der Waals surface area contributed by atoms with Crippen LogP contribution in [0.5, 0.6) is 0 Å². The number of rotatable bonds is 8. The largest absolute Gasteiger partial charge is 1.00 e. The van der Waals surface area contributed by atoms with Gasteiger partial charge in [-0.05, 0) is 62.7 Å². The third-order valence-electron chi connectivity index (χ3n) is 6.29. The summed E-state index contributed by atoms with van der Waals surface area (Å²) in [5.41, 5.74) is 1.57. The normalized spacial score (nSPS) is 25.5. The van der Waals surface area contributed by atoms with Crippen LogP contribution in [0.2, 0.25) is 0 Å². The summed E-state index contributed by atoms with van der Waals surface area (Å²) in [6.07, 6.45) is 12.2. The van der Waals surface area contributed by atoms with Gasteiger partial charge in [0.1, 0.15) is 23.2 Å². The molecule has 0 aromatic rings. The van der Waals surface area contributed by atoms with Gasteiger partial charge in [0.15, 0.2) is 0 Å². The molecule has 1 amide bonds. The van der Waals surface area contributed by atoms with Crippen LogP contribution in [0.4, 0.5) is 0 Å². The zero-order valence-electron chi connectivity index (χ0n) is 22.2. The summed E-state index contributed by atoms with van der Waals surface area (Å²) >= 11 is 0. The predicted octanol–water partition coefficient (Wildman–Crippen LogP) is 0.596. The van der Waals surface area contributed by atoms with Gasteiger partial charge in [0, 0.05) is 12.0 Å². The minimum atomic E-state index is -4.48. The molecule has 0 spiro atoms. The Bertz CT molecular complexity index is 1020. The topological polar surface area (TPSA) is 119 Å². The Hall–Kier alpha value is -1.39. The number of fused-ring (bicyclic) bond motifs is 1. The van der Waals surface area contributed by atoms with E-state index in [9.17, 15) is 18.0 Å². The standard InChI is InChI=1S/C24H35NO7S.Na.H/c1-16(13-21(26)25-18(22(27)31-6)15-33(28,29)30)9-7-10-17(2)19-14-20-23(3,4)11-8-12-24(20,5)32-19;;/h7,9-10,13-14,18,20H,8,11-12,15H2,1-6H3,(H,25,26)(H,28,29,30);;/q;+1;-1/b9-7+,16-13+,17-10+;;. The van der Waals surface area contributed by atoms with E-state index in [2.05, 4.69) is 36.9 Å². The second-order valence-corrected chi connectivity index (χ2v) is 11.2. The van der Waals surface area contributed by atoms with Crippen LogP contribution in [0.3, 0.4) is 0 Å². The van der Waals surface area contributed by atoms with Crippen LogP contribution in [-0.4, -0.2) is 49.4 Å². The molecule has 8 nitrogen and oxygen atoms in total. The van der Waals surface area contributed by atoms with E-state index in [4.69, 9.17) is 9.29 Å². The first-order valence-corrected chi connectivity index (χ1v) is 12.6. The van der Waals surface area contributed by atoms with Gasteiger partial charge in [0.05, 0.1) is 7.11 Å². The Labute approximate surface area is 226 Å². The molecular weight excluding hydrogens is 469 g/mol. The van der Waals surface area contributed by atoms with E-state index in [1.807, 2.05) is 13.0 Å². The van der Waals surface area contributed by atoms with Gasteiger partial charge < -0.3 is 16.2 Å². The molecule has 0 aromatic carbocycles. The van der Waals surface area contributed by atoms with Crippen molar-refractivity contribution in [2.24, 2.45) is 11.3 Å². The third kappa shape index (κ3) is 8.37. The van der Waals surface area contributed by atoms with Crippen molar-refractivity contribution < 1.29 is 63.0 Å². The van der Waals surface area contributed by atoms with Gasteiger partial charge in [-0.25, -0.2) is 4.79 Å². The molecule has 0 radical (unpaired) electrons. The molecule has 186 valence electrons. The van der Waals surface area contributed by atoms with Gasteiger partial charge >= 0.3 is 35.5 Å². The smallest absolute Gasteiger partial charge is 1.00 e. The quantitative estimate of drug-likeness (QED) is 0.163. The van der Waals surface area contributed by atoms with Crippen LogP contribution >= 0.6 is 0 Å². The SMILES string of the molecule is COC(=O)C(CS(=O)(=O)O)NC(=O)/C=C(C)/C=C/C=C(\C)C1=CC2C(C)(C)CCCC2(C)O1.[H-].[Na+]. The molecule has 2 N–H and O–H groups in total. The average molecular weight is 506 g/mol. The van der Waals surface area contributed by atoms with Gasteiger partial charge in [0.2, 0.25) is 5.91 Å². The average Bonchev–Trinajstić information content (AvgIpc) is 3.04. The maximum Gasteiger partial charge on any atom is 1.00 e. The maximum absolute atomic E-state index is 12.2. The van der Waals surface area contributed by atoms with E-state index >= 15 is 0 Å². The van der Waals surface area contributed by atoms with Crippen molar-refractivity contribution in [3.63, 3.8) is 0 Å². The molecule has 1 heterocycles. The molecule has 0 bridgehead atoms. The van der Waals surface area contributed by atoms with Gasteiger partial charge in [0.25, 0.3) is 10.1 Å².